The van der Waals surface area contributed by atoms with Gasteiger partial charge in [-0.05, 0) is 36.4 Å². The van der Waals surface area contributed by atoms with Crippen molar-refractivity contribution in [2.75, 3.05) is 5.32 Å². The molecular formula is C19H13F3N6OS. The molecule has 7 nitrogen and oxygen atoms in total. The molecule has 152 valence electrons. The van der Waals surface area contributed by atoms with E-state index in [0.29, 0.717) is 22.5 Å². The van der Waals surface area contributed by atoms with E-state index in [2.05, 4.69) is 20.6 Å². The number of hydrogen-bond donors (Lipinski definition) is 2. The minimum absolute atomic E-state index is 0.193. The number of aromatic hydroxyl groups is 1. The minimum atomic E-state index is -4.42. The third-order valence-electron chi connectivity index (χ3n) is 4.60. The molecule has 30 heavy (non-hydrogen) atoms. The van der Waals surface area contributed by atoms with Gasteiger partial charge in [-0.2, -0.15) is 17.7 Å². The number of aromatic nitrogens is 5. The summed E-state index contributed by atoms with van der Waals surface area (Å²) < 4.78 is 42.2. The molecule has 0 radical (unpaired) electrons. The Morgan fingerprint density at radius 1 is 1.07 bits per heavy atom. The lowest BCUT2D eigenvalue weighted by molar-refractivity contribution is -0.137. The Morgan fingerprint density at radius 2 is 1.90 bits per heavy atom. The summed E-state index contributed by atoms with van der Waals surface area (Å²) in [6.07, 6.45) is -2.58. The van der Waals surface area contributed by atoms with E-state index in [9.17, 15) is 18.3 Å². The highest BCUT2D eigenvalue weighted by atomic mass is 32.1. The number of benzene rings is 2. The molecule has 5 aromatic rings. The van der Waals surface area contributed by atoms with Crippen molar-refractivity contribution in [3.05, 3.63) is 66.1 Å². The van der Waals surface area contributed by atoms with E-state index < -0.39 is 11.7 Å². The van der Waals surface area contributed by atoms with Gasteiger partial charge in [-0.1, -0.05) is 23.5 Å². The van der Waals surface area contributed by atoms with Crippen molar-refractivity contribution in [1.82, 2.24) is 24.4 Å². The second-order valence-corrected chi connectivity index (χ2v) is 7.53. The zero-order valence-corrected chi connectivity index (χ0v) is 15.9. The quantitative estimate of drug-likeness (QED) is 0.434. The maximum Gasteiger partial charge on any atom is 0.416 e. The van der Waals surface area contributed by atoms with Crippen LogP contribution in [0.3, 0.4) is 0 Å². The highest BCUT2D eigenvalue weighted by Gasteiger charge is 2.30. The number of alkyl halides is 3. The molecule has 0 saturated heterocycles. The fraction of sp³-hybridized carbons (Fsp3) is 0.105. The molecule has 0 atom stereocenters. The highest BCUT2D eigenvalue weighted by molar-refractivity contribution is 7.20. The first-order valence-corrected chi connectivity index (χ1v) is 9.62. The number of fused-ring (bicyclic) bond motifs is 2. The first-order valence-electron chi connectivity index (χ1n) is 8.81. The topological polar surface area (TPSA) is 80.3 Å². The van der Waals surface area contributed by atoms with Gasteiger partial charge in [0, 0.05) is 17.3 Å². The fourth-order valence-corrected chi connectivity index (χ4v) is 3.98. The normalized spacial score (nSPS) is 12.1. The second kappa shape index (κ2) is 6.73. The summed E-state index contributed by atoms with van der Waals surface area (Å²) in [6.45, 7) is 0.362. The Bertz CT molecular complexity index is 1370. The van der Waals surface area contributed by atoms with E-state index in [1.54, 1.807) is 16.6 Å². The molecule has 11 heteroatoms. The zero-order chi connectivity index (χ0) is 20.9. The summed E-state index contributed by atoms with van der Waals surface area (Å²) >= 11 is 1.18. The molecule has 0 fully saturated rings. The predicted molar refractivity (Wildman–Crippen MR) is 106 cm³/mol. The fourth-order valence-electron chi connectivity index (χ4n) is 3.20. The number of halogens is 3. The molecule has 3 heterocycles. The first kappa shape index (κ1) is 18.4. The lowest BCUT2D eigenvalue weighted by Gasteiger charge is -2.08. The lowest BCUT2D eigenvalue weighted by atomic mass is 10.2. The van der Waals surface area contributed by atoms with Gasteiger partial charge >= 0.3 is 6.18 Å². The van der Waals surface area contributed by atoms with Gasteiger partial charge in [-0.15, -0.1) is 15.3 Å². The Kier molecular flexibility index (Phi) is 4.13. The van der Waals surface area contributed by atoms with Gasteiger partial charge in [0.1, 0.15) is 5.75 Å². The van der Waals surface area contributed by atoms with Gasteiger partial charge in [0.2, 0.25) is 10.1 Å². The number of phenols is 1. The number of rotatable bonds is 4. The Balaban J connectivity index is 1.43. The van der Waals surface area contributed by atoms with Gasteiger partial charge in [0.15, 0.2) is 5.82 Å². The molecule has 0 bridgehead atoms. The van der Waals surface area contributed by atoms with Crippen molar-refractivity contribution in [1.29, 1.82) is 0 Å². The van der Waals surface area contributed by atoms with Crippen LogP contribution < -0.4 is 5.32 Å². The molecule has 5 rings (SSSR count). The molecule has 0 aliphatic heterocycles. The van der Waals surface area contributed by atoms with Crippen LogP contribution in [0.25, 0.3) is 15.9 Å². The van der Waals surface area contributed by atoms with E-state index in [0.717, 1.165) is 23.0 Å². The zero-order valence-electron chi connectivity index (χ0n) is 15.1. The Labute approximate surface area is 171 Å². The largest absolute Gasteiger partial charge is 0.507 e. The van der Waals surface area contributed by atoms with Crippen LogP contribution >= 0.6 is 11.3 Å². The van der Waals surface area contributed by atoms with Crippen LogP contribution in [-0.4, -0.2) is 29.5 Å². The van der Waals surface area contributed by atoms with Crippen LogP contribution in [0.5, 0.6) is 5.75 Å². The summed E-state index contributed by atoms with van der Waals surface area (Å²) in [7, 11) is 0. The van der Waals surface area contributed by atoms with Crippen LogP contribution in [0.15, 0.2) is 54.7 Å². The van der Waals surface area contributed by atoms with Crippen molar-refractivity contribution >= 4 is 38.0 Å². The third-order valence-corrected chi connectivity index (χ3v) is 5.41. The number of anilines is 2. The molecule has 3 aromatic heterocycles. The van der Waals surface area contributed by atoms with Gasteiger partial charge in [-0.3, -0.25) is 0 Å². The van der Waals surface area contributed by atoms with E-state index >= 15 is 0 Å². The van der Waals surface area contributed by atoms with Crippen LogP contribution in [0.4, 0.5) is 24.0 Å². The maximum absolute atomic E-state index is 12.9. The summed E-state index contributed by atoms with van der Waals surface area (Å²) in [4.78, 5) is 0.513. The number of nitrogens with zero attached hydrogens (tertiary/aromatic N) is 5. The highest BCUT2D eigenvalue weighted by Crippen LogP contribution is 2.32. The van der Waals surface area contributed by atoms with Gasteiger partial charge in [-0.25, -0.2) is 0 Å². The number of nitrogens with one attached hydrogen (secondary N) is 1. The van der Waals surface area contributed by atoms with Crippen molar-refractivity contribution in [3.63, 3.8) is 0 Å². The Hall–Kier alpha value is -3.60. The summed E-state index contributed by atoms with van der Waals surface area (Å²) in [5.41, 5.74) is 0.381. The molecule has 0 aliphatic carbocycles. The number of hydrogen-bond acceptors (Lipinski definition) is 6. The molecule has 0 aliphatic rings. The van der Waals surface area contributed by atoms with E-state index in [-0.39, 0.29) is 11.4 Å². The minimum Gasteiger partial charge on any atom is -0.507 e. The average molecular weight is 430 g/mol. The van der Waals surface area contributed by atoms with Crippen molar-refractivity contribution in [3.8, 4) is 5.75 Å². The molecule has 2 N–H and O–H groups in total. The molecule has 0 spiro atoms. The van der Waals surface area contributed by atoms with Crippen LogP contribution in [-0.2, 0) is 12.7 Å². The monoisotopic (exact) mass is 430 g/mol. The summed E-state index contributed by atoms with van der Waals surface area (Å²) in [5.74, 6) is 0.748. The summed E-state index contributed by atoms with van der Waals surface area (Å²) in [5, 5.41) is 26.6. The van der Waals surface area contributed by atoms with Crippen LogP contribution in [0.1, 0.15) is 11.4 Å². The standard InChI is InChI=1S/C19H13F3N6OS/c20-19(21,22)11-3-1-4-12(9-11)23-17-26-28-16(24-25-18(28)30-17)10-27-8-7-13-14(27)5-2-6-15(13)29/h1-9,29H,10H2,(H,23,26). The van der Waals surface area contributed by atoms with E-state index in [1.807, 2.05) is 22.9 Å². The molecular weight excluding hydrogens is 417 g/mol. The predicted octanol–water partition coefficient (Wildman–Crippen LogP) is 4.66. The van der Waals surface area contributed by atoms with E-state index in [4.69, 9.17) is 0 Å². The molecule has 2 aromatic carbocycles. The third kappa shape index (κ3) is 3.22. The molecule has 0 amide bonds. The van der Waals surface area contributed by atoms with Crippen molar-refractivity contribution in [2.45, 2.75) is 12.7 Å². The van der Waals surface area contributed by atoms with Gasteiger partial charge < -0.3 is 15.0 Å². The molecule has 0 unspecified atom stereocenters. The summed E-state index contributed by atoms with van der Waals surface area (Å²) in [6, 6.07) is 12.0. The lowest BCUT2D eigenvalue weighted by Crippen LogP contribution is -2.05. The van der Waals surface area contributed by atoms with Crippen LogP contribution in [0.2, 0.25) is 0 Å². The maximum atomic E-state index is 12.9. The van der Waals surface area contributed by atoms with Gasteiger partial charge in [0.05, 0.1) is 17.6 Å². The van der Waals surface area contributed by atoms with Crippen molar-refractivity contribution in [2.24, 2.45) is 0 Å². The Morgan fingerprint density at radius 3 is 2.73 bits per heavy atom. The smallest absolute Gasteiger partial charge is 0.416 e. The first-order chi connectivity index (χ1) is 14.4. The second-order valence-electron chi connectivity index (χ2n) is 6.57. The number of phenolic OH excluding ortho intramolecular Hbond substituents is 1. The molecule has 0 saturated carbocycles. The SMILES string of the molecule is Oc1cccc2c1ccn2Cc1nnc2sc(Nc3cccc(C(F)(F)F)c3)nn12. The van der Waals surface area contributed by atoms with Crippen LogP contribution in [0, 0.1) is 0 Å². The van der Waals surface area contributed by atoms with E-state index in [1.165, 1.54) is 23.5 Å². The van der Waals surface area contributed by atoms with Crippen molar-refractivity contribution < 1.29 is 18.3 Å². The average Bonchev–Trinajstić information content (AvgIpc) is 3.38. The van der Waals surface area contributed by atoms with Gasteiger partial charge in [0.25, 0.3) is 0 Å².